The Morgan fingerprint density at radius 2 is 1.53 bits per heavy atom. The van der Waals surface area contributed by atoms with Crippen molar-refractivity contribution in [3.8, 4) is 0 Å². The molecule has 0 atom stereocenters. The smallest absolute Gasteiger partial charge is 0.310 e. The van der Waals surface area contributed by atoms with Crippen molar-refractivity contribution in [1.82, 2.24) is 0 Å². The number of carbonyl (C=O) groups excluding carboxylic acids is 1. The lowest BCUT2D eigenvalue weighted by Crippen LogP contribution is -2.13. The van der Waals surface area contributed by atoms with Crippen molar-refractivity contribution >= 4 is 5.97 Å². The van der Waals surface area contributed by atoms with Crippen LogP contribution < -0.4 is 0 Å². The van der Waals surface area contributed by atoms with Crippen molar-refractivity contribution in [3.63, 3.8) is 0 Å². The number of rotatable bonds is 3. The zero-order valence-electron chi connectivity index (χ0n) is 9.24. The van der Waals surface area contributed by atoms with Gasteiger partial charge >= 0.3 is 5.97 Å². The van der Waals surface area contributed by atoms with E-state index in [1.165, 1.54) is 6.92 Å². The number of carbonyl (C=O) groups is 1. The van der Waals surface area contributed by atoms with Gasteiger partial charge in [-0.25, -0.2) is 17.6 Å². The Morgan fingerprint density at radius 3 is 1.94 bits per heavy atom. The average Bonchev–Trinajstić information content (AvgIpc) is 2.30. The van der Waals surface area contributed by atoms with Crippen molar-refractivity contribution in [1.29, 1.82) is 0 Å². The first-order chi connectivity index (χ1) is 7.90. The zero-order chi connectivity index (χ0) is 13.2. The molecule has 1 aromatic rings. The SMILES string of the molecule is CCOC(=O)Cc1c(F)c(F)c(C)c(F)c1F. The van der Waals surface area contributed by atoms with Gasteiger partial charge in [-0.1, -0.05) is 0 Å². The predicted molar refractivity (Wildman–Crippen MR) is 51.3 cm³/mol. The highest BCUT2D eigenvalue weighted by Gasteiger charge is 2.24. The van der Waals surface area contributed by atoms with E-state index in [2.05, 4.69) is 4.74 Å². The first-order valence-corrected chi connectivity index (χ1v) is 4.87. The molecule has 0 bridgehead atoms. The Hall–Kier alpha value is -1.59. The number of ether oxygens (including phenoxy) is 1. The number of benzene rings is 1. The van der Waals surface area contributed by atoms with E-state index in [4.69, 9.17) is 0 Å². The molecule has 0 amide bonds. The standard InChI is InChI=1S/C11H10F4O2/c1-3-17-7(16)4-6-10(14)8(12)5(2)9(13)11(6)15/h3-4H2,1-2H3. The molecule has 6 heteroatoms. The minimum absolute atomic E-state index is 0.0128. The van der Waals surface area contributed by atoms with Crippen molar-refractivity contribution in [2.75, 3.05) is 6.61 Å². The monoisotopic (exact) mass is 250 g/mol. The van der Waals surface area contributed by atoms with Crippen LogP contribution in [0.3, 0.4) is 0 Å². The van der Waals surface area contributed by atoms with E-state index in [-0.39, 0.29) is 6.61 Å². The van der Waals surface area contributed by atoms with Crippen LogP contribution in [-0.2, 0) is 16.0 Å². The summed E-state index contributed by atoms with van der Waals surface area (Å²) in [6.45, 7) is 2.42. The van der Waals surface area contributed by atoms with Gasteiger partial charge in [-0.05, 0) is 13.8 Å². The highest BCUT2D eigenvalue weighted by molar-refractivity contribution is 5.72. The van der Waals surface area contributed by atoms with Crippen LogP contribution in [0.25, 0.3) is 0 Å². The summed E-state index contributed by atoms with van der Waals surface area (Å²) in [5, 5.41) is 0. The second-order valence-corrected chi connectivity index (χ2v) is 3.34. The summed E-state index contributed by atoms with van der Waals surface area (Å²) < 4.78 is 57.3. The van der Waals surface area contributed by atoms with E-state index in [0.29, 0.717) is 0 Å². The van der Waals surface area contributed by atoms with E-state index in [9.17, 15) is 22.4 Å². The Kier molecular flexibility index (Phi) is 4.09. The van der Waals surface area contributed by atoms with E-state index >= 15 is 0 Å². The van der Waals surface area contributed by atoms with Crippen LogP contribution in [0.1, 0.15) is 18.1 Å². The lowest BCUT2D eigenvalue weighted by atomic mass is 10.1. The molecule has 0 aromatic heterocycles. The number of hydrogen-bond acceptors (Lipinski definition) is 2. The normalized spacial score (nSPS) is 10.5. The molecule has 0 N–H and O–H groups in total. The third kappa shape index (κ3) is 2.57. The van der Waals surface area contributed by atoms with Crippen LogP contribution >= 0.6 is 0 Å². The molecule has 0 aliphatic rings. The number of halogens is 4. The second kappa shape index (κ2) is 5.16. The molecule has 0 aliphatic carbocycles. The van der Waals surface area contributed by atoms with E-state index < -0.39 is 46.8 Å². The van der Waals surface area contributed by atoms with Gasteiger partial charge in [0.25, 0.3) is 0 Å². The Bertz CT molecular complexity index is 428. The summed E-state index contributed by atoms with van der Waals surface area (Å²) in [7, 11) is 0. The summed E-state index contributed by atoms with van der Waals surface area (Å²) in [4.78, 5) is 11.0. The van der Waals surface area contributed by atoms with Crippen molar-refractivity contribution in [3.05, 3.63) is 34.4 Å². The van der Waals surface area contributed by atoms with Crippen LogP contribution in [0, 0.1) is 30.2 Å². The molecule has 0 aliphatic heterocycles. The highest BCUT2D eigenvalue weighted by Crippen LogP contribution is 2.24. The molecule has 0 fully saturated rings. The third-order valence-corrected chi connectivity index (χ3v) is 2.20. The van der Waals surface area contributed by atoms with Crippen molar-refractivity contribution in [2.45, 2.75) is 20.3 Å². The average molecular weight is 250 g/mol. The van der Waals surface area contributed by atoms with Crippen molar-refractivity contribution < 1.29 is 27.1 Å². The molecule has 2 nitrogen and oxygen atoms in total. The van der Waals surface area contributed by atoms with Crippen LogP contribution in [0.15, 0.2) is 0 Å². The third-order valence-electron chi connectivity index (χ3n) is 2.20. The predicted octanol–water partition coefficient (Wildman–Crippen LogP) is 2.66. The first-order valence-electron chi connectivity index (χ1n) is 4.87. The van der Waals surface area contributed by atoms with Gasteiger partial charge in [0.2, 0.25) is 0 Å². The first kappa shape index (κ1) is 13.5. The minimum Gasteiger partial charge on any atom is -0.466 e. The summed E-state index contributed by atoms with van der Waals surface area (Å²) in [6, 6.07) is 0. The minimum atomic E-state index is -1.56. The highest BCUT2D eigenvalue weighted by atomic mass is 19.2. The Labute approximate surface area is 95.2 Å². The van der Waals surface area contributed by atoms with Crippen LogP contribution in [-0.4, -0.2) is 12.6 Å². The maximum Gasteiger partial charge on any atom is 0.310 e. The molecule has 0 heterocycles. The fourth-order valence-corrected chi connectivity index (χ4v) is 1.30. The van der Waals surface area contributed by atoms with Gasteiger partial charge in [0.05, 0.1) is 13.0 Å². The van der Waals surface area contributed by atoms with Crippen LogP contribution in [0.4, 0.5) is 17.6 Å². The Morgan fingerprint density at radius 1 is 1.06 bits per heavy atom. The quantitative estimate of drug-likeness (QED) is 0.468. The molecular weight excluding hydrogens is 240 g/mol. The van der Waals surface area contributed by atoms with Crippen LogP contribution in [0.2, 0.25) is 0 Å². The van der Waals surface area contributed by atoms with Gasteiger partial charge in [-0.15, -0.1) is 0 Å². The fraction of sp³-hybridized carbons (Fsp3) is 0.364. The molecule has 0 radical (unpaired) electrons. The van der Waals surface area contributed by atoms with Crippen LogP contribution in [0.5, 0.6) is 0 Å². The molecular formula is C11H10F4O2. The zero-order valence-corrected chi connectivity index (χ0v) is 9.24. The molecule has 1 aromatic carbocycles. The topological polar surface area (TPSA) is 26.3 Å². The summed E-state index contributed by atoms with van der Waals surface area (Å²) in [5.41, 5.74) is -1.71. The molecule has 0 saturated carbocycles. The number of hydrogen-bond donors (Lipinski definition) is 0. The largest absolute Gasteiger partial charge is 0.466 e. The van der Waals surface area contributed by atoms with E-state index in [0.717, 1.165) is 6.92 Å². The van der Waals surface area contributed by atoms with Gasteiger partial charge in [-0.3, -0.25) is 4.79 Å². The number of esters is 1. The molecule has 94 valence electrons. The molecule has 0 saturated heterocycles. The maximum absolute atomic E-state index is 13.3. The molecule has 0 unspecified atom stereocenters. The van der Waals surface area contributed by atoms with Gasteiger partial charge in [0.15, 0.2) is 23.3 Å². The lowest BCUT2D eigenvalue weighted by molar-refractivity contribution is -0.142. The summed E-state index contributed by atoms with van der Waals surface area (Å²) in [5.74, 6) is -7.07. The Balaban J connectivity index is 3.20. The van der Waals surface area contributed by atoms with Crippen molar-refractivity contribution in [2.24, 2.45) is 0 Å². The molecule has 0 spiro atoms. The van der Waals surface area contributed by atoms with E-state index in [1.807, 2.05) is 0 Å². The van der Waals surface area contributed by atoms with Gasteiger partial charge < -0.3 is 4.74 Å². The lowest BCUT2D eigenvalue weighted by Gasteiger charge is -2.09. The van der Waals surface area contributed by atoms with E-state index in [1.54, 1.807) is 0 Å². The molecule has 1 rings (SSSR count). The molecule has 17 heavy (non-hydrogen) atoms. The summed E-state index contributed by atoms with van der Waals surface area (Å²) >= 11 is 0. The maximum atomic E-state index is 13.3. The van der Waals surface area contributed by atoms with Gasteiger partial charge in [0.1, 0.15) is 0 Å². The summed E-state index contributed by atoms with van der Waals surface area (Å²) in [6.07, 6.45) is -0.848. The van der Waals surface area contributed by atoms with Gasteiger partial charge in [-0.2, -0.15) is 0 Å². The second-order valence-electron chi connectivity index (χ2n) is 3.34. The fourth-order valence-electron chi connectivity index (χ4n) is 1.30. The van der Waals surface area contributed by atoms with Gasteiger partial charge in [0, 0.05) is 11.1 Å².